The van der Waals surface area contributed by atoms with E-state index in [1.807, 2.05) is 41.5 Å². The van der Waals surface area contributed by atoms with Crippen molar-refractivity contribution in [3.63, 3.8) is 0 Å². The summed E-state index contributed by atoms with van der Waals surface area (Å²) in [7, 11) is -14.9. The number of rotatable bonds is 20. The first-order valence-electron chi connectivity index (χ1n) is 30.2. The molecule has 9 aliphatic rings. The van der Waals surface area contributed by atoms with Gasteiger partial charge >= 0.3 is 31.2 Å². The standard InChI is InChI=1S/C54H88O35S3/c1-21-38(85-45-37(65)40(32(60)25(83-45)20-80-91(70,71)72)86-44-36(64)39(76-9)31(59)24(82-44)19-79-90(67,68)69)35(63)42(87-43-34(62)30(58)23(56)17-77-43)47(81-21)88-41-33(61)26(89-92(73,74)75)18-78-46(41)84-29-10-11-51(6)27(49(29,3)4)16-28(57)54(51)15-14-53(8)50(5,22(2)55)12-13-52(53,7)48(54)66/h21,23-47,56-65H,10-20H2,1-9H3,(H,67,68,69)(H,70,71,72)(H,73,74,75). The fourth-order valence-corrected chi connectivity index (χ4v) is 17.7. The van der Waals surface area contributed by atoms with Crippen LogP contribution >= 0.6 is 0 Å². The van der Waals surface area contributed by atoms with Crippen LogP contribution < -0.4 is 0 Å². The van der Waals surface area contributed by atoms with Crippen LogP contribution in [0.4, 0.5) is 0 Å². The van der Waals surface area contributed by atoms with Gasteiger partial charge in [-0.2, -0.15) is 25.3 Å². The summed E-state index contributed by atoms with van der Waals surface area (Å²) >= 11 is 0. The summed E-state index contributed by atoms with van der Waals surface area (Å²) in [6.45, 7) is 10.5. The molecule has 0 bridgehead atoms. The Kier molecular flexibility index (Phi) is 21.5. The Morgan fingerprint density at radius 3 is 1.65 bits per heavy atom. The van der Waals surface area contributed by atoms with Crippen LogP contribution in [-0.4, -0.2) is 289 Å². The molecule has 31 unspecified atom stereocenters. The number of ether oxygens (including phenoxy) is 11. The number of aliphatic hydroxyl groups is 10. The van der Waals surface area contributed by atoms with Gasteiger partial charge in [-0.15, -0.1) is 0 Å². The van der Waals surface area contributed by atoms with Crippen molar-refractivity contribution < 1.29 is 164 Å². The summed E-state index contributed by atoms with van der Waals surface area (Å²) in [5.41, 5.74) is -5.46. The first kappa shape index (κ1) is 74.3. The van der Waals surface area contributed by atoms with E-state index >= 15 is 4.79 Å². The van der Waals surface area contributed by atoms with Crippen molar-refractivity contribution in [1.29, 1.82) is 0 Å². The highest BCUT2D eigenvalue weighted by molar-refractivity contribution is 7.81. The Hall–Kier alpha value is -1.89. The Bertz CT molecular complexity index is 3000. The van der Waals surface area contributed by atoms with Crippen LogP contribution in [0.25, 0.3) is 0 Å². The summed E-state index contributed by atoms with van der Waals surface area (Å²) in [5, 5.41) is 115. The molecule has 0 radical (unpaired) electrons. The van der Waals surface area contributed by atoms with Crippen LogP contribution in [0.2, 0.25) is 0 Å². The van der Waals surface area contributed by atoms with Crippen molar-refractivity contribution in [2.24, 2.45) is 38.4 Å². The molecule has 38 heteroatoms. The molecule has 0 aromatic heterocycles. The quantitative estimate of drug-likeness (QED) is 0.0515. The lowest BCUT2D eigenvalue weighted by Crippen LogP contribution is -2.68. The summed E-state index contributed by atoms with van der Waals surface area (Å²) in [5.74, 6) is -0.540. The van der Waals surface area contributed by atoms with Gasteiger partial charge in [-0.1, -0.05) is 41.5 Å². The molecule has 4 saturated carbocycles. The van der Waals surface area contributed by atoms with Gasteiger partial charge in [0.2, 0.25) is 0 Å². The van der Waals surface area contributed by atoms with Crippen LogP contribution in [0.5, 0.6) is 0 Å². The monoisotopic (exact) mass is 1390 g/mol. The molecule has 5 heterocycles. The number of methoxy groups -OCH3 is 1. The van der Waals surface area contributed by atoms with E-state index in [-0.39, 0.29) is 24.4 Å². The maximum Gasteiger partial charge on any atom is 0.397 e. The van der Waals surface area contributed by atoms with E-state index in [0.29, 0.717) is 32.1 Å². The van der Waals surface area contributed by atoms with Crippen molar-refractivity contribution >= 4 is 42.8 Å². The molecule has 9 fully saturated rings. The van der Waals surface area contributed by atoms with Gasteiger partial charge in [-0.25, -0.2) is 12.5 Å². The number of Topliss-reactive ketones (excluding diaryl/α,β-unsaturated/α-hetero) is 2. The average Bonchev–Trinajstić information content (AvgIpc) is 1.47. The van der Waals surface area contributed by atoms with Gasteiger partial charge < -0.3 is 103 Å². The Balaban J connectivity index is 1.00. The lowest BCUT2D eigenvalue weighted by Gasteiger charge is -2.63. The number of aliphatic hydroxyl groups excluding tert-OH is 10. The van der Waals surface area contributed by atoms with Crippen LogP contribution in [0.15, 0.2) is 0 Å². The summed E-state index contributed by atoms with van der Waals surface area (Å²) in [6.07, 6.45) is -45.9. The van der Waals surface area contributed by atoms with Crippen molar-refractivity contribution in [1.82, 2.24) is 0 Å². The summed E-state index contributed by atoms with van der Waals surface area (Å²) in [4.78, 5) is 28.8. The number of hydrogen-bond acceptors (Lipinski definition) is 32. The number of hydrogen-bond donors (Lipinski definition) is 13. The number of carbonyl (C=O) groups is 2. The van der Waals surface area contributed by atoms with Gasteiger partial charge in [0.1, 0.15) is 115 Å². The zero-order valence-electron chi connectivity index (χ0n) is 51.8. The molecule has 1 spiro atoms. The van der Waals surface area contributed by atoms with Gasteiger partial charge in [0.15, 0.2) is 31.5 Å². The Morgan fingerprint density at radius 2 is 1.09 bits per heavy atom. The number of ketones is 2. The van der Waals surface area contributed by atoms with Crippen molar-refractivity contribution in [2.75, 3.05) is 33.5 Å². The van der Waals surface area contributed by atoms with Crippen molar-refractivity contribution in [3.8, 4) is 0 Å². The van der Waals surface area contributed by atoms with Gasteiger partial charge in [0.25, 0.3) is 0 Å². The largest absolute Gasteiger partial charge is 0.397 e. The summed E-state index contributed by atoms with van der Waals surface area (Å²) in [6, 6.07) is 0. The maximum absolute atomic E-state index is 15.5. The first-order chi connectivity index (χ1) is 42.4. The molecule has 0 aromatic rings. The van der Waals surface area contributed by atoms with E-state index in [1.54, 1.807) is 6.92 Å². The third-order valence-corrected chi connectivity index (χ3v) is 23.7. The fourth-order valence-electron chi connectivity index (χ4n) is 16.7. The molecular weight excluding hydrogens is 1300 g/mol. The minimum atomic E-state index is -5.36. The van der Waals surface area contributed by atoms with Gasteiger partial charge in [0, 0.05) is 17.9 Å². The van der Waals surface area contributed by atoms with Crippen LogP contribution in [0.1, 0.15) is 100 Å². The van der Waals surface area contributed by atoms with Gasteiger partial charge in [-0.3, -0.25) is 23.2 Å². The van der Waals surface area contributed by atoms with E-state index in [2.05, 4.69) is 8.37 Å². The zero-order chi connectivity index (χ0) is 68.3. The number of carbonyl (C=O) groups excluding carboxylic acids is 2. The lowest BCUT2D eigenvalue weighted by molar-refractivity contribution is -0.403. The van der Waals surface area contributed by atoms with E-state index in [0.717, 1.165) is 7.11 Å². The summed E-state index contributed by atoms with van der Waals surface area (Å²) < 4.78 is 178. The third kappa shape index (κ3) is 13.3. The molecule has 31 atom stereocenters. The Morgan fingerprint density at radius 1 is 0.554 bits per heavy atom. The lowest BCUT2D eigenvalue weighted by atomic mass is 9.40. The molecule has 13 N–H and O–H groups in total. The first-order valence-corrected chi connectivity index (χ1v) is 34.3. The topological polar surface area (TPSA) is 529 Å². The van der Waals surface area contributed by atoms with Crippen LogP contribution in [0.3, 0.4) is 0 Å². The molecule has 9 rings (SSSR count). The zero-order valence-corrected chi connectivity index (χ0v) is 54.3. The molecule has 0 amide bonds. The molecule has 5 aliphatic heterocycles. The minimum Gasteiger partial charge on any atom is -0.392 e. The molecule has 4 aliphatic carbocycles. The molecule has 92 heavy (non-hydrogen) atoms. The second-order valence-electron chi connectivity index (χ2n) is 27.3. The minimum absolute atomic E-state index is 0.0108. The second kappa shape index (κ2) is 26.7. The normalized spacial score (nSPS) is 50.1. The number of fused-ring (bicyclic) bond motifs is 3. The predicted octanol–water partition coefficient (Wildman–Crippen LogP) is -4.13. The SMILES string of the molecule is COC1C(O)C(COS(=O)(=O)O)OC(OC2C(O)C(COS(=O)(=O)O)OC(OC3C(C)OC(OC4C(OC5CCC6(C)C(CC(O)C67CCC6(C)C(C)(C(C)=O)CCC6(C)C7=O)C5(C)C)OCC(OS(=O)(=O)O)C4O)C(OC4OCC(O)C(O)C4O)C3O)C2O)C1O. The smallest absolute Gasteiger partial charge is 0.392 e. The van der Waals surface area contributed by atoms with Crippen molar-refractivity contribution in [3.05, 3.63) is 0 Å². The molecule has 5 saturated heterocycles. The maximum atomic E-state index is 15.5. The molecule has 0 aromatic carbocycles. The van der Waals surface area contributed by atoms with Crippen molar-refractivity contribution in [2.45, 2.75) is 254 Å². The molecular formula is C54H88O35S3. The highest BCUT2D eigenvalue weighted by Crippen LogP contribution is 2.77. The Labute approximate surface area is 530 Å². The van der Waals surface area contributed by atoms with E-state index in [9.17, 15) is 94.8 Å². The fraction of sp³-hybridized carbons (Fsp3) is 0.963. The average molecular weight is 1390 g/mol. The molecule has 532 valence electrons. The van der Waals surface area contributed by atoms with Gasteiger partial charge in [-0.05, 0) is 81.0 Å². The second-order valence-corrected chi connectivity index (χ2v) is 30.6. The van der Waals surface area contributed by atoms with Crippen LogP contribution in [0, 0.1) is 38.4 Å². The highest BCUT2D eigenvalue weighted by atomic mass is 32.3. The van der Waals surface area contributed by atoms with Crippen LogP contribution in [-0.2, 0) is 105 Å². The third-order valence-electron chi connectivity index (χ3n) is 22.4. The van der Waals surface area contributed by atoms with E-state index < -0.39 is 250 Å². The van der Waals surface area contributed by atoms with Gasteiger partial charge in [0.05, 0.1) is 50.2 Å². The van der Waals surface area contributed by atoms with E-state index in [1.165, 1.54) is 6.92 Å². The molecule has 35 nitrogen and oxygen atoms in total. The predicted molar refractivity (Wildman–Crippen MR) is 298 cm³/mol. The highest BCUT2D eigenvalue weighted by Gasteiger charge is 2.79. The van der Waals surface area contributed by atoms with E-state index in [4.69, 9.17) is 56.3 Å².